The maximum atomic E-state index is 12.4. The number of anilines is 2. The van der Waals surface area contributed by atoms with Crippen LogP contribution in [0, 0.1) is 0 Å². The zero-order valence-electron chi connectivity index (χ0n) is 13.2. The van der Waals surface area contributed by atoms with E-state index in [1.165, 1.54) is 11.8 Å². The van der Waals surface area contributed by atoms with Crippen molar-refractivity contribution in [1.29, 1.82) is 0 Å². The number of pyridine rings is 1. The summed E-state index contributed by atoms with van der Waals surface area (Å²) in [5.74, 6) is -0.322. The lowest BCUT2D eigenvalue weighted by Crippen LogP contribution is -2.32. The smallest absolute Gasteiger partial charge is 0.238 e. The Hall–Kier alpha value is -2.86. The van der Waals surface area contributed by atoms with E-state index in [9.17, 15) is 9.59 Å². The number of carbonyl (C=O) groups excluding carboxylic acids is 2. The number of para-hydroxylation sites is 1. The van der Waals surface area contributed by atoms with Crippen LogP contribution in [0.15, 0.2) is 65.7 Å². The maximum absolute atomic E-state index is 12.4. The molecule has 2 heterocycles. The van der Waals surface area contributed by atoms with E-state index in [4.69, 9.17) is 0 Å². The van der Waals surface area contributed by atoms with Gasteiger partial charge in [-0.15, -0.1) is 11.8 Å². The number of nitrogens with zero attached hydrogens (tertiary/aromatic N) is 1. The molecular formula is C19H15N3O2S. The second-order valence-corrected chi connectivity index (χ2v) is 7.00. The van der Waals surface area contributed by atoms with Crippen molar-refractivity contribution in [3.8, 4) is 0 Å². The molecule has 124 valence electrons. The van der Waals surface area contributed by atoms with Crippen molar-refractivity contribution in [2.24, 2.45) is 0 Å². The van der Waals surface area contributed by atoms with Crippen LogP contribution in [-0.2, 0) is 9.59 Å². The zero-order valence-corrected chi connectivity index (χ0v) is 14.0. The molecule has 1 unspecified atom stereocenters. The molecule has 0 saturated heterocycles. The lowest BCUT2D eigenvalue weighted by Gasteiger charge is -2.23. The van der Waals surface area contributed by atoms with Gasteiger partial charge in [-0.1, -0.05) is 18.2 Å². The number of benzene rings is 2. The Kier molecular flexibility index (Phi) is 4.11. The quantitative estimate of drug-likeness (QED) is 0.757. The summed E-state index contributed by atoms with van der Waals surface area (Å²) in [4.78, 5) is 29.8. The number of nitrogens with one attached hydrogen (secondary N) is 2. The highest BCUT2D eigenvalue weighted by molar-refractivity contribution is 8.01. The lowest BCUT2D eigenvalue weighted by atomic mass is 10.2. The third kappa shape index (κ3) is 3.34. The van der Waals surface area contributed by atoms with E-state index < -0.39 is 5.25 Å². The third-order valence-corrected chi connectivity index (χ3v) is 5.24. The van der Waals surface area contributed by atoms with E-state index in [1.807, 2.05) is 54.6 Å². The van der Waals surface area contributed by atoms with E-state index in [0.29, 0.717) is 5.69 Å². The molecule has 2 aromatic carbocycles. The molecular weight excluding hydrogens is 334 g/mol. The highest BCUT2D eigenvalue weighted by Crippen LogP contribution is 2.36. The lowest BCUT2D eigenvalue weighted by molar-refractivity contribution is -0.120. The van der Waals surface area contributed by atoms with Crippen molar-refractivity contribution in [3.63, 3.8) is 0 Å². The van der Waals surface area contributed by atoms with Crippen molar-refractivity contribution in [1.82, 2.24) is 4.98 Å². The van der Waals surface area contributed by atoms with E-state index in [2.05, 4.69) is 15.6 Å². The highest BCUT2D eigenvalue weighted by atomic mass is 32.2. The molecule has 25 heavy (non-hydrogen) atoms. The van der Waals surface area contributed by atoms with E-state index in [1.54, 1.807) is 6.20 Å². The van der Waals surface area contributed by atoms with Gasteiger partial charge in [0.25, 0.3) is 0 Å². The van der Waals surface area contributed by atoms with Gasteiger partial charge in [-0.2, -0.15) is 0 Å². The summed E-state index contributed by atoms with van der Waals surface area (Å²) in [6, 6.07) is 17.0. The molecule has 0 radical (unpaired) electrons. The van der Waals surface area contributed by atoms with E-state index in [-0.39, 0.29) is 18.2 Å². The third-order valence-electron chi connectivity index (χ3n) is 3.96. The summed E-state index contributed by atoms with van der Waals surface area (Å²) in [5.41, 5.74) is 2.38. The fourth-order valence-corrected chi connectivity index (χ4v) is 3.87. The van der Waals surface area contributed by atoms with Gasteiger partial charge in [0.15, 0.2) is 0 Å². The van der Waals surface area contributed by atoms with Crippen LogP contribution in [0.2, 0.25) is 0 Å². The number of fused-ring (bicyclic) bond motifs is 2. The summed E-state index contributed by atoms with van der Waals surface area (Å²) in [7, 11) is 0. The van der Waals surface area contributed by atoms with E-state index in [0.717, 1.165) is 21.5 Å². The van der Waals surface area contributed by atoms with Crippen LogP contribution < -0.4 is 10.6 Å². The van der Waals surface area contributed by atoms with Gasteiger partial charge in [-0.05, 0) is 36.4 Å². The Bertz CT molecular complexity index is 974. The van der Waals surface area contributed by atoms with Crippen LogP contribution in [0.4, 0.5) is 11.4 Å². The Morgan fingerprint density at radius 3 is 2.96 bits per heavy atom. The molecule has 0 bridgehead atoms. The number of rotatable bonds is 3. The van der Waals surface area contributed by atoms with Gasteiger partial charge in [0.1, 0.15) is 0 Å². The average Bonchev–Trinajstić information content (AvgIpc) is 2.62. The summed E-state index contributed by atoms with van der Waals surface area (Å²) in [5, 5.41) is 6.25. The fourth-order valence-electron chi connectivity index (χ4n) is 2.76. The number of thioether (sulfide) groups is 1. The predicted molar refractivity (Wildman–Crippen MR) is 99.7 cm³/mol. The number of hydrogen-bond donors (Lipinski definition) is 2. The van der Waals surface area contributed by atoms with Crippen molar-refractivity contribution in [3.05, 3.63) is 60.8 Å². The molecule has 0 saturated carbocycles. The molecule has 3 aromatic rings. The van der Waals surface area contributed by atoms with Crippen molar-refractivity contribution in [2.75, 3.05) is 10.6 Å². The van der Waals surface area contributed by atoms with Crippen LogP contribution in [0.1, 0.15) is 6.42 Å². The topological polar surface area (TPSA) is 71.1 Å². The first-order valence-electron chi connectivity index (χ1n) is 7.90. The number of carbonyl (C=O) groups is 2. The summed E-state index contributed by atoms with van der Waals surface area (Å²) in [6.07, 6.45) is 1.85. The highest BCUT2D eigenvalue weighted by Gasteiger charge is 2.28. The molecule has 2 N–H and O–H groups in total. The molecule has 6 heteroatoms. The first-order valence-corrected chi connectivity index (χ1v) is 8.78. The van der Waals surface area contributed by atoms with Crippen LogP contribution >= 0.6 is 11.8 Å². The molecule has 0 aliphatic carbocycles. The fraction of sp³-hybridized carbons (Fsp3) is 0.105. The van der Waals surface area contributed by atoms with Crippen molar-refractivity contribution in [2.45, 2.75) is 16.6 Å². The minimum absolute atomic E-state index is 0.121. The number of hydrogen-bond acceptors (Lipinski definition) is 4. The van der Waals surface area contributed by atoms with E-state index >= 15 is 0 Å². The monoisotopic (exact) mass is 349 g/mol. The van der Waals surface area contributed by atoms with Crippen molar-refractivity contribution < 1.29 is 9.59 Å². The van der Waals surface area contributed by atoms with Gasteiger partial charge in [-0.3, -0.25) is 14.6 Å². The first-order chi connectivity index (χ1) is 12.2. The molecule has 1 aliphatic rings. The normalized spacial score (nSPS) is 16.2. The molecule has 1 aromatic heterocycles. The standard InChI is InChI=1S/C19H15N3O2S/c23-18(21-13-7-8-14-12(10-13)4-3-9-20-14)11-17-19(24)22-15-5-1-2-6-16(15)25-17/h1-10,17H,11H2,(H,21,23)(H,22,24). The Morgan fingerprint density at radius 1 is 1.16 bits per heavy atom. The minimum atomic E-state index is -0.433. The second kappa shape index (κ2) is 6.57. The van der Waals surface area contributed by atoms with Gasteiger partial charge in [0.05, 0.1) is 16.5 Å². The maximum Gasteiger partial charge on any atom is 0.238 e. The second-order valence-electron chi connectivity index (χ2n) is 5.76. The van der Waals surface area contributed by atoms with Crippen LogP contribution in [0.25, 0.3) is 10.9 Å². The van der Waals surface area contributed by atoms with Gasteiger partial charge in [0, 0.05) is 28.6 Å². The van der Waals surface area contributed by atoms with Crippen LogP contribution in [0.3, 0.4) is 0 Å². The minimum Gasteiger partial charge on any atom is -0.326 e. The number of aromatic nitrogens is 1. The molecule has 5 nitrogen and oxygen atoms in total. The average molecular weight is 349 g/mol. The summed E-state index contributed by atoms with van der Waals surface area (Å²) < 4.78 is 0. The Balaban J connectivity index is 1.45. The van der Waals surface area contributed by atoms with Crippen LogP contribution in [-0.4, -0.2) is 22.0 Å². The van der Waals surface area contributed by atoms with Crippen molar-refractivity contribution >= 4 is 45.9 Å². The Labute approximate surface area is 148 Å². The predicted octanol–water partition coefficient (Wildman–Crippen LogP) is 3.68. The SMILES string of the molecule is O=C(CC1Sc2ccccc2NC1=O)Nc1ccc2ncccc2c1. The summed E-state index contributed by atoms with van der Waals surface area (Å²) >= 11 is 1.42. The zero-order chi connectivity index (χ0) is 17.2. The van der Waals surface area contributed by atoms with Gasteiger partial charge >= 0.3 is 0 Å². The molecule has 0 spiro atoms. The van der Waals surface area contributed by atoms with Crippen LogP contribution in [0.5, 0.6) is 0 Å². The largest absolute Gasteiger partial charge is 0.326 e. The summed E-state index contributed by atoms with van der Waals surface area (Å²) in [6.45, 7) is 0. The molecule has 2 amide bonds. The first kappa shape index (κ1) is 15.7. The van der Waals surface area contributed by atoms with Gasteiger partial charge in [-0.25, -0.2) is 0 Å². The molecule has 1 aliphatic heterocycles. The van der Waals surface area contributed by atoms with Gasteiger partial charge in [0.2, 0.25) is 11.8 Å². The molecule has 0 fully saturated rings. The Morgan fingerprint density at radius 2 is 2.04 bits per heavy atom. The number of amides is 2. The molecule has 1 atom stereocenters. The molecule has 4 rings (SSSR count). The van der Waals surface area contributed by atoms with Gasteiger partial charge < -0.3 is 10.6 Å².